The van der Waals surface area contributed by atoms with Crippen molar-refractivity contribution in [2.24, 2.45) is 0 Å². The van der Waals surface area contributed by atoms with Crippen molar-refractivity contribution < 1.29 is 9.59 Å². The lowest BCUT2D eigenvalue weighted by Crippen LogP contribution is -2.23. The molecule has 0 saturated heterocycles. The fourth-order valence-electron chi connectivity index (χ4n) is 1.98. The molecule has 0 spiro atoms. The summed E-state index contributed by atoms with van der Waals surface area (Å²) in [5.74, 6) is -0.616. The summed E-state index contributed by atoms with van der Waals surface area (Å²) in [5, 5.41) is 7.94. The first-order valence-corrected chi connectivity index (χ1v) is 8.57. The van der Waals surface area contributed by atoms with Crippen LogP contribution in [0.3, 0.4) is 0 Å². The van der Waals surface area contributed by atoms with Gasteiger partial charge in [-0.05, 0) is 42.0 Å². The number of aromatic nitrogens is 2. The third-order valence-corrected chi connectivity index (χ3v) is 4.28. The maximum atomic E-state index is 12.1. The minimum Gasteiger partial charge on any atom is -0.347 e. The number of nitrogens with one attached hydrogen (secondary N) is 2. The smallest absolute Gasteiger partial charge is 0.271 e. The van der Waals surface area contributed by atoms with Crippen molar-refractivity contribution in [1.82, 2.24) is 15.3 Å². The van der Waals surface area contributed by atoms with Crippen LogP contribution in [0.5, 0.6) is 0 Å². The topological polar surface area (TPSA) is 84.0 Å². The monoisotopic (exact) mass is 372 g/mol. The maximum absolute atomic E-state index is 12.1. The predicted molar refractivity (Wildman–Crippen MR) is 96.9 cm³/mol. The van der Waals surface area contributed by atoms with Gasteiger partial charge in [0.25, 0.3) is 11.8 Å². The van der Waals surface area contributed by atoms with E-state index in [4.69, 9.17) is 11.6 Å². The number of thiazole rings is 1. The van der Waals surface area contributed by atoms with Gasteiger partial charge in [0.15, 0.2) is 5.13 Å². The van der Waals surface area contributed by atoms with Crippen LogP contribution in [0.2, 0.25) is 5.02 Å². The van der Waals surface area contributed by atoms with Crippen LogP contribution in [0.4, 0.5) is 5.13 Å². The molecule has 0 bridgehead atoms. The van der Waals surface area contributed by atoms with E-state index in [2.05, 4.69) is 20.6 Å². The van der Waals surface area contributed by atoms with Crippen molar-refractivity contribution in [3.8, 4) is 0 Å². The Balaban J connectivity index is 1.59. The number of carbonyl (C=O) groups excluding carboxylic acids is 2. The van der Waals surface area contributed by atoms with E-state index in [1.807, 2.05) is 12.1 Å². The Morgan fingerprint density at radius 1 is 1.04 bits per heavy atom. The van der Waals surface area contributed by atoms with E-state index in [1.54, 1.807) is 42.0 Å². The molecule has 0 fully saturated rings. The van der Waals surface area contributed by atoms with E-state index in [1.165, 1.54) is 11.3 Å². The third kappa shape index (κ3) is 4.62. The first kappa shape index (κ1) is 17.1. The van der Waals surface area contributed by atoms with Crippen LogP contribution in [0.1, 0.15) is 26.4 Å². The average molecular weight is 373 g/mol. The molecule has 25 heavy (non-hydrogen) atoms. The molecule has 1 aromatic carbocycles. The van der Waals surface area contributed by atoms with Gasteiger partial charge in [0.2, 0.25) is 0 Å². The molecule has 0 aliphatic heterocycles. The highest BCUT2D eigenvalue weighted by Gasteiger charge is 2.13. The zero-order valence-corrected chi connectivity index (χ0v) is 14.5. The number of benzene rings is 1. The standard InChI is InChI=1S/C17H13ClN4O2S/c18-13-3-1-12(2-4-13)15(23)22-17-21-14(10-25-17)16(24)20-9-11-5-7-19-8-6-11/h1-8,10H,9H2,(H,20,24)(H,21,22,23). The summed E-state index contributed by atoms with van der Waals surface area (Å²) in [4.78, 5) is 32.3. The van der Waals surface area contributed by atoms with Crippen molar-refractivity contribution in [2.75, 3.05) is 5.32 Å². The van der Waals surface area contributed by atoms with Gasteiger partial charge in [-0.25, -0.2) is 4.98 Å². The molecule has 0 aliphatic carbocycles. The minimum absolute atomic E-state index is 0.255. The molecule has 3 aromatic rings. The SMILES string of the molecule is O=C(Nc1nc(C(=O)NCc2ccncc2)cs1)c1ccc(Cl)cc1. The quantitative estimate of drug-likeness (QED) is 0.719. The average Bonchev–Trinajstić information content (AvgIpc) is 3.09. The summed E-state index contributed by atoms with van der Waals surface area (Å²) in [6.07, 6.45) is 3.32. The Kier molecular flexibility index (Phi) is 5.37. The van der Waals surface area contributed by atoms with Crippen LogP contribution in [0.15, 0.2) is 54.2 Å². The summed E-state index contributed by atoms with van der Waals surface area (Å²) in [6.45, 7) is 0.380. The third-order valence-electron chi connectivity index (χ3n) is 3.27. The Morgan fingerprint density at radius 3 is 2.48 bits per heavy atom. The van der Waals surface area contributed by atoms with Gasteiger partial charge < -0.3 is 5.32 Å². The summed E-state index contributed by atoms with van der Waals surface area (Å²) < 4.78 is 0. The van der Waals surface area contributed by atoms with Crippen LogP contribution in [0, 0.1) is 0 Å². The van der Waals surface area contributed by atoms with E-state index in [9.17, 15) is 9.59 Å². The molecule has 0 saturated carbocycles. The Bertz CT molecular complexity index is 881. The van der Waals surface area contributed by atoms with Gasteiger partial charge in [-0.2, -0.15) is 0 Å². The number of rotatable bonds is 5. The normalized spacial score (nSPS) is 10.3. The minimum atomic E-state index is -0.310. The molecular formula is C17H13ClN4O2S. The van der Waals surface area contributed by atoms with Gasteiger partial charge in [0.1, 0.15) is 5.69 Å². The van der Waals surface area contributed by atoms with Crippen LogP contribution >= 0.6 is 22.9 Å². The fraction of sp³-hybridized carbons (Fsp3) is 0.0588. The van der Waals surface area contributed by atoms with Crippen molar-refractivity contribution in [1.29, 1.82) is 0 Å². The number of carbonyl (C=O) groups is 2. The Morgan fingerprint density at radius 2 is 1.76 bits per heavy atom. The molecule has 0 aliphatic rings. The number of hydrogen-bond acceptors (Lipinski definition) is 5. The summed E-state index contributed by atoms with van der Waals surface area (Å²) in [5.41, 5.74) is 1.66. The number of anilines is 1. The van der Waals surface area contributed by atoms with Crippen molar-refractivity contribution in [2.45, 2.75) is 6.54 Å². The van der Waals surface area contributed by atoms with Gasteiger partial charge in [0, 0.05) is 34.9 Å². The first-order valence-electron chi connectivity index (χ1n) is 7.31. The molecule has 126 valence electrons. The highest BCUT2D eigenvalue weighted by atomic mass is 35.5. The molecule has 6 nitrogen and oxygen atoms in total. The molecule has 0 atom stereocenters. The lowest BCUT2D eigenvalue weighted by molar-refractivity contribution is 0.0945. The molecule has 2 heterocycles. The molecule has 2 N–H and O–H groups in total. The van der Waals surface area contributed by atoms with E-state index in [0.717, 1.165) is 5.56 Å². The molecule has 8 heteroatoms. The predicted octanol–water partition coefficient (Wildman–Crippen LogP) is 3.37. The molecule has 3 rings (SSSR count). The number of amides is 2. The van der Waals surface area contributed by atoms with Crippen molar-refractivity contribution >= 4 is 39.9 Å². The zero-order valence-electron chi connectivity index (χ0n) is 12.9. The number of pyridine rings is 1. The second-order valence-corrected chi connectivity index (χ2v) is 6.33. The van der Waals surface area contributed by atoms with Gasteiger partial charge in [-0.1, -0.05) is 11.6 Å². The Labute approximate surface area is 152 Å². The summed E-state index contributed by atoms with van der Waals surface area (Å²) in [6, 6.07) is 10.1. The Hall–Kier alpha value is -2.77. The van der Waals surface area contributed by atoms with Gasteiger partial charge in [-0.3, -0.25) is 19.9 Å². The lowest BCUT2D eigenvalue weighted by atomic mass is 10.2. The highest BCUT2D eigenvalue weighted by Crippen LogP contribution is 2.17. The lowest BCUT2D eigenvalue weighted by Gasteiger charge is -2.03. The maximum Gasteiger partial charge on any atom is 0.271 e. The molecular weight excluding hydrogens is 360 g/mol. The molecule has 0 radical (unpaired) electrons. The van der Waals surface area contributed by atoms with Gasteiger partial charge in [-0.15, -0.1) is 11.3 Å². The van der Waals surface area contributed by atoms with Crippen LogP contribution < -0.4 is 10.6 Å². The van der Waals surface area contributed by atoms with Gasteiger partial charge >= 0.3 is 0 Å². The van der Waals surface area contributed by atoms with Crippen LogP contribution in [-0.4, -0.2) is 21.8 Å². The second-order valence-electron chi connectivity index (χ2n) is 5.04. The van der Waals surface area contributed by atoms with Crippen molar-refractivity contribution in [3.05, 3.63) is 76.0 Å². The van der Waals surface area contributed by atoms with E-state index < -0.39 is 0 Å². The highest BCUT2D eigenvalue weighted by molar-refractivity contribution is 7.14. The first-order chi connectivity index (χ1) is 12.1. The summed E-state index contributed by atoms with van der Waals surface area (Å²) in [7, 11) is 0. The number of nitrogens with zero attached hydrogens (tertiary/aromatic N) is 2. The number of hydrogen-bond donors (Lipinski definition) is 2. The molecule has 2 aromatic heterocycles. The van der Waals surface area contributed by atoms with Crippen LogP contribution in [-0.2, 0) is 6.54 Å². The largest absolute Gasteiger partial charge is 0.347 e. The summed E-state index contributed by atoms with van der Waals surface area (Å²) >= 11 is 6.98. The van der Waals surface area contributed by atoms with E-state index in [-0.39, 0.29) is 17.5 Å². The van der Waals surface area contributed by atoms with Crippen LogP contribution in [0.25, 0.3) is 0 Å². The van der Waals surface area contributed by atoms with Crippen molar-refractivity contribution in [3.63, 3.8) is 0 Å². The molecule has 0 unspecified atom stereocenters. The fourth-order valence-corrected chi connectivity index (χ4v) is 2.79. The second kappa shape index (κ2) is 7.87. The number of halogens is 1. The zero-order chi connectivity index (χ0) is 17.6. The van der Waals surface area contributed by atoms with E-state index in [0.29, 0.717) is 22.3 Å². The van der Waals surface area contributed by atoms with E-state index >= 15 is 0 Å². The van der Waals surface area contributed by atoms with Gasteiger partial charge in [0.05, 0.1) is 0 Å². The molecule has 2 amide bonds.